The minimum absolute atomic E-state index is 0.182. The third kappa shape index (κ3) is 4.79. The van der Waals surface area contributed by atoms with E-state index in [9.17, 15) is 0 Å². The van der Waals surface area contributed by atoms with E-state index < -0.39 is 0 Å². The van der Waals surface area contributed by atoms with Crippen LogP contribution in [0.1, 0.15) is 38.8 Å². The molecule has 108 valence electrons. The van der Waals surface area contributed by atoms with Crippen LogP contribution in [0.2, 0.25) is 0 Å². The number of hydrogen-bond donors (Lipinski definition) is 2. The van der Waals surface area contributed by atoms with Crippen LogP contribution in [0.5, 0.6) is 0 Å². The molecule has 0 aliphatic heterocycles. The molecular formula is C15H25BrN2O. The van der Waals surface area contributed by atoms with Crippen LogP contribution in [0, 0.1) is 0 Å². The molecule has 0 amide bonds. The highest BCUT2D eigenvalue weighted by atomic mass is 79.9. The Morgan fingerprint density at radius 2 is 2.11 bits per heavy atom. The van der Waals surface area contributed by atoms with E-state index in [2.05, 4.69) is 65.1 Å². The molecule has 1 unspecified atom stereocenters. The number of anilines is 1. The summed E-state index contributed by atoms with van der Waals surface area (Å²) in [6.07, 6.45) is 1.14. The predicted molar refractivity (Wildman–Crippen MR) is 85.8 cm³/mol. The van der Waals surface area contributed by atoms with Gasteiger partial charge in [-0.1, -0.05) is 28.9 Å². The molecule has 0 spiro atoms. The smallest absolute Gasteiger partial charge is 0.0606 e. The molecule has 4 heteroatoms. The van der Waals surface area contributed by atoms with Gasteiger partial charge >= 0.3 is 0 Å². The largest absolute Gasteiger partial charge is 0.395 e. The van der Waals surface area contributed by atoms with Crippen LogP contribution in [0.3, 0.4) is 0 Å². The number of aliphatic hydroxyl groups is 1. The molecule has 0 saturated heterocycles. The van der Waals surface area contributed by atoms with Crippen molar-refractivity contribution in [2.24, 2.45) is 0 Å². The number of hydrogen-bond acceptors (Lipinski definition) is 3. The van der Waals surface area contributed by atoms with Gasteiger partial charge in [-0.2, -0.15) is 0 Å². The fourth-order valence-corrected chi connectivity index (χ4v) is 2.84. The first-order chi connectivity index (χ1) is 9.13. The molecule has 0 radical (unpaired) electrons. The Balaban J connectivity index is 2.83. The Labute approximate surface area is 125 Å². The van der Waals surface area contributed by atoms with E-state index in [-0.39, 0.29) is 6.61 Å². The van der Waals surface area contributed by atoms with Crippen LogP contribution in [-0.2, 0) is 0 Å². The lowest BCUT2D eigenvalue weighted by molar-refractivity contribution is 0.302. The Kier molecular flexibility index (Phi) is 7.42. The summed E-state index contributed by atoms with van der Waals surface area (Å²) in [5, 5.41) is 12.6. The SMILES string of the molecule is CCCNC(C)c1ccc(N(CC)CCO)cc1Br. The van der Waals surface area contributed by atoms with Crippen LogP contribution in [-0.4, -0.2) is 31.3 Å². The van der Waals surface area contributed by atoms with E-state index in [0.29, 0.717) is 12.6 Å². The van der Waals surface area contributed by atoms with Gasteiger partial charge in [0.1, 0.15) is 0 Å². The van der Waals surface area contributed by atoms with E-state index in [1.165, 1.54) is 5.56 Å². The molecule has 1 rings (SSSR count). The Morgan fingerprint density at radius 1 is 1.37 bits per heavy atom. The van der Waals surface area contributed by atoms with Crippen molar-refractivity contribution in [1.29, 1.82) is 0 Å². The normalized spacial score (nSPS) is 12.5. The van der Waals surface area contributed by atoms with Crippen LogP contribution >= 0.6 is 15.9 Å². The van der Waals surface area contributed by atoms with Gasteiger partial charge in [0, 0.05) is 29.3 Å². The minimum atomic E-state index is 0.182. The highest BCUT2D eigenvalue weighted by Gasteiger charge is 2.11. The van der Waals surface area contributed by atoms with Crippen LogP contribution < -0.4 is 10.2 Å². The maximum atomic E-state index is 9.07. The summed E-state index contributed by atoms with van der Waals surface area (Å²) in [6, 6.07) is 6.77. The van der Waals surface area contributed by atoms with Gasteiger partial charge in [0.15, 0.2) is 0 Å². The third-order valence-corrected chi connectivity index (χ3v) is 3.95. The lowest BCUT2D eigenvalue weighted by Gasteiger charge is -2.24. The van der Waals surface area contributed by atoms with Crippen molar-refractivity contribution in [2.45, 2.75) is 33.2 Å². The van der Waals surface area contributed by atoms with Gasteiger partial charge in [-0.15, -0.1) is 0 Å². The molecule has 0 aliphatic carbocycles. The first-order valence-corrected chi connectivity index (χ1v) is 7.81. The van der Waals surface area contributed by atoms with E-state index in [1.54, 1.807) is 0 Å². The zero-order valence-corrected chi connectivity index (χ0v) is 13.7. The molecule has 2 N–H and O–H groups in total. The number of likely N-dealkylation sites (N-methyl/N-ethyl adjacent to an activating group) is 1. The van der Waals surface area contributed by atoms with Crippen molar-refractivity contribution in [3.63, 3.8) is 0 Å². The van der Waals surface area contributed by atoms with E-state index >= 15 is 0 Å². The molecule has 0 saturated carbocycles. The zero-order chi connectivity index (χ0) is 14.3. The fourth-order valence-electron chi connectivity index (χ4n) is 2.13. The molecule has 0 aliphatic rings. The average molecular weight is 329 g/mol. The Bertz CT molecular complexity index is 384. The third-order valence-electron chi connectivity index (χ3n) is 3.27. The highest BCUT2D eigenvalue weighted by molar-refractivity contribution is 9.10. The predicted octanol–water partition coefficient (Wildman–Crippen LogP) is 3.33. The van der Waals surface area contributed by atoms with Gasteiger partial charge in [0.05, 0.1) is 6.61 Å². The van der Waals surface area contributed by atoms with E-state index in [1.807, 2.05) is 0 Å². The van der Waals surface area contributed by atoms with Gasteiger partial charge in [-0.3, -0.25) is 0 Å². The van der Waals surface area contributed by atoms with Gasteiger partial charge in [0.25, 0.3) is 0 Å². The van der Waals surface area contributed by atoms with Crippen molar-refractivity contribution >= 4 is 21.6 Å². The highest BCUT2D eigenvalue weighted by Crippen LogP contribution is 2.28. The first-order valence-electron chi connectivity index (χ1n) is 7.02. The summed E-state index contributed by atoms with van der Waals surface area (Å²) in [7, 11) is 0. The number of nitrogens with one attached hydrogen (secondary N) is 1. The van der Waals surface area contributed by atoms with Crippen molar-refractivity contribution < 1.29 is 5.11 Å². The van der Waals surface area contributed by atoms with E-state index in [4.69, 9.17) is 5.11 Å². The molecule has 1 aromatic rings. The average Bonchev–Trinajstić information content (AvgIpc) is 2.42. The molecule has 3 nitrogen and oxygen atoms in total. The van der Waals surface area contributed by atoms with Crippen molar-refractivity contribution in [1.82, 2.24) is 5.32 Å². The molecule has 0 heterocycles. The molecule has 1 aromatic carbocycles. The topological polar surface area (TPSA) is 35.5 Å². The summed E-state index contributed by atoms with van der Waals surface area (Å²) in [4.78, 5) is 2.17. The molecule has 0 aromatic heterocycles. The number of rotatable bonds is 8. The standard InChI is InChI=1S/C15H25BrN2O/c1-4-8-17-12(3)14-7-6-13(11-15(14)16)18(5-2)9-10-19/h6-7,11-12,17,19H,4-5,8-10H2,1-3H3. The van der Waals surface area contributed by atoms with Crippen LogP contribution in [0.4, 0.5) is 5.69 Å². The molecular weight excluding hydrogens is 304 g/mol. The Hall–Kier alpha value is -0.580. The summed E-state index contributed by atoms with van der Waals surface area (Å²) in [5.74, 6) is 0. The monoisotopic (exact) mass is 328 g/mol. The number of benzene rings is 1. The summed E-state index contributed by atoms with van der Waals surface area (Å²) in [6.45, 7) is 9.24. The van der Waals surface area contributed by atoms with Gasteiger partial charge in [-0.25, -0.2) is 0 Å². The maximum Gasteiger partial charge on any atom is 0.0606 e. The Morgan fingerprint density at radius 3 is 2.63 bits per heavy atom. The lowest BCUT2D eigenvalue weighted by atomic mass is 10.1. The van der Waals surface area contributed by atoms with Gasteiger partial charge in [0.2, 0.25) is 0 Å². The van der Waals surface area contributed by atoms with Crippen molar-refractivity contribution in [3.05, 3.63) is 28.2 Å². The number of aliphatic hydroxyl groups excluding tert-OH is 1. The molecule has 0 bridgehead atoms. The fraction of sp³-hybridized carbons (Fsp3) is 0.600. The second-order valence-electron chi connectivity index (χ2n) is 4.68. The second kappa shape index (κ2) is 8.56. The van der Waals surface area contributed by atoms with Crippen LogP contribution in [0.15, 0.2) is 22.7 Å². The second-order valence-corrected chi connectivity index (χ2v) is 5.54. The molecule has 19 heavy (non-hydrogen) atoms. The zero-order valence-electron chi connectivity index (χ0n) is 12.1. The number of halogens is 1. The first kappa shape index (κ1) is 16.5. The van der Waals surface area contributed by atoms with Gasteiger partial charge in [-0.05, 0) is 44.5 Å². The molecule has 1 atom stereocenters. The lowest BCUT2D eigenvalue weighted by Crippen LogP contribution is -2.26. The minimum Gasteiger partial charge on any atom is -0.395 e. The quantitative estimate of drug-likeness (QED) is 0.768. The maximum absolute atomic E-state index is 9.07. The van der Waals surface area contributed by atoms with Gasteiger partial charge < -0.3 is 15.3 Å². The van der Waals surface area contributed by atoms with Crippen molar-refractivity contribution in [3.8, 4) is 0 Å². The number of nitrogens with zero attached hydrogens (tertiary/aromatic N) is 1. The van der Waals surface area contributed by atoms with E-state index in [0.717, 1.165) is 29.7 Å². The van der Waals surface area contributed by atoms with Crippen molar-refractivity contribution in [2.75, 3.05) is 31.1 Å². The summed E-state index contributed by atoms with van der Waals surface area (Å²) < 4.78 is 1.12. The van der Waals surface area contributed by atoms with Crippen LogP contribution in [0.25, 0.3) is 0 Å². The molecule has 0 fully saturated rings. The summed E-state index contributed by atoms with van der Waals surface area (Å²) in [5.41, 5.74) is 2.42. The summed E-state index contributed by atoms with van der Waals surface area (Å²) >= 11 is 3.66.